The molecule has 0 spiro atoms. The lowest BCUT2D eigenvalue weighted by molar-refractivity contribution is -0.288. The molecule has 0 aromatic carbocycles. The SMILES string of the molecule is CCOCOC1OC(CO)C(O)C(O)C1NC(C)=O. The fourth-order valence-electron chi connectivity index (χ4n) is 1.81. The summed E-state index contributed by atoms with van der Waals surface area (Å²) < 4.78 is 15.5. The van der Waals surface area contributed by atoms with E-state index in [1.165, 1.54) is 6.92 Å². The maximum Gasteiger partial charge on any atom is 0.217 e. The molecule has 112 valence electrons. The Hall–Kier alpha value is -0.770. The maximum absolute atomic E-state index is 11.1. The van der Waals surface area contributed by atoms with Crippen molar-refractivity contribution in [3.8, 4) is 0 Å². The molecule has 0 bridgehead atoms. The molecule has 1 aliphatic heterocycles. The van der Waals surface area contributed by atoms with Crippen LogP contribution in [0.1, 0.15) is 13.8 Å². The third-order valence-electron chi connectivity index (χ3n) is 2.77. The number of carbonyl (C=O) groups excluding carboxylic acids is 1. The Labute approximate surface area is 111 Å². The zero-order valence-electron chi connectivity index (χ0n) is 11.0. The van der Waals surface area contributed by atoms with E-state index in [-0.39, 0.29) is 6.79 Å². The Bertz CT molecular complexity index is 288. The van der Waals surface area contributed by atoms with Crippen LogP contribution in [0.3, 0.4) is 0 Å². The van der Waals surface area contributed by atoms with Crippen molar-refractivity contribution in [3.05, 3.63) is 0 Å². The fourth-order valence-corrected chi connectivity index (χ4v) is 1.81. The van der Waals surface area contributed by atoms with Crippen LogP contribution in [0.4, 0.5) is 0 Å². The van der Waals surface area contributed by atoms with E-state index in [4.69, 9.17) is 19.3 Å². The molecule has 8 heteroatoms. The van der Waals surface area contributed by atoms with Crippen molar-refractivity contribution in [2.75, 3.05) is 20.0 Å². The number of carbonyl (C=O) groups is 1. The molecule has 1 fully saturated rings. The van der Waals surface area contributed by atoms with Crippen LogP contribution in [0.2, 0.25) is 0 Å². The topological polar surface area (TPSA) is 117 Å². The van der Waals surface area contributed by atoms with Gasteiger partial charge < -0.3 is 34.8 Å². The smallest absolute Gasteiger partial charge is 0.217 e. The van der Waals surface area contributed by atoms with Gasteiger partial charge in [0.1, 0.15) is 31.1 Å². The molecule has 0 saturated carbocycles. The summed E-state index contributed by atoms with van der Waals surface area (Å²) in [5, 5.41) is 31.2. The molecule has 1 rings (SSSR count). The van der Waals surface area contributed by atoms with Crippen molar-refractivity contribution in [3.63, 3.8) is 0 Å². The first-order valence-electron chi connectivity index (χ1n) is 6.10. The van der Waals surface area contributed by atoms with Crippen molar-refractivity contribution >= 4 is 5.91 Å². The third kappa shape index (κ3) is 4.37. The van der Waals surface area contributed by atoms with E-state index in [9.17, 15) is 15.0 Å². The van der Waals surface area contributed by atoms with Gasteiger partial charge in [-0.05, 0) is 6.92 Å². The second-order valence-corrected chi connectivity index (χ2v) is 4.21. The minimum Gasteiger partial charge on any atom is -0.394 e. The summed E-state index contributed by atoms with van der Waals surface area (Å²) in [6.07, 6.45) is -4.60. The van der Waals surface area contributed by atoms with Gasteiger partial charge in [-0.15, -0.1) is 0 Å². The van der Waals surface area contributed by atoms with E-state index in [0.29, 0.717) is 6.61 Å². The first-order chi connectivity index (χ1) is 9.01. The number of amides is 1. The Balaban J connectivity index is 2.71. The van der Waals surface area contributed by atoms with Crippen LogP contribution in [0.25, 0.3) is 0 Å². The largest absolute Gasteiger partial charge is 0.394 e. The predicted molar refractivity (Wildman–Crippen MR) is 62.9 cm³/mol. The first-order valence-corrected chi connectivity index (χ1v) is 6.10. The molecule has 0 aliphatic carbocycles. The van der Waals surface area contributed by atoms with Gasteiger partial charge in [0.05, 0.1) is 6.61 Å². The molecule has 1 aliphatic rings. The Morgan fingerprint density at radius 3 is 2.58 bits per heavy atom. The molecule has 0 aromatic heterocycles. The highest BCUT2D eigenvalue weighted by Gasteiger charge is 2.45. The Morgan fingerprint density at radius 2 is 2.05 bits per heavy atom. The van der Waals surface area contributed by atoms with E-state index in [0.717, 1.165) is 0 Å². The summed E-state index contributed by atoms with van der Waals surface area (Å²) in [7, 11) is 0. The van der Waals surface area contributed by atoms with Crippen molar-refractivity contribution < 1.29 is 34.3 Å². The number of hydrogen-bond acceptors (Lipinski definition) is 7. The molecular formula is C11H21NO7. The van der Waals surface area contributed by atoms with E-state index in [1.54, 1.807) is 6.92 Å². The van der Waals surface area contributed by atoms with Crippen LogP contribution in [0, 0.1) is 0 Å². The molecule has 1 heterocycles. The molecule has 0 radical (unpaired) electrons. The summed E-state index contributed by atoms with van der Waals surface area (Å²) in [5.41, 5.74) is 0. The quantitative estimate of drug-likeness (QED) is 0.326. The zero-order chi connectivity index (χ0) is 14.4. The highest BCUT2D eigenvalue weighted by atomic mass is 16.8. The van der Waals surface area contributed by atoms with E-state index in [1.807, 2.05) is 0 Å². The summed E-state index contributed by atoms with van der Waals surface area (Å²) in [6, 6.07) is -0.934. The summed E-state index contributed by atoms with van der Waals surface area (Å²) in [6.45, 7) is 2.94. The van der Waals surface area contributed by atoms with E-state index >= 15 is 0 Å². The molecule has 1 saturated heterocycles. The van der Waals surface area contributed by atoms with Crippen molar-refractivity contribution in [2.24, 2.45) is 0 Å². The monoisotopic (exact) mass is 279 g/mol. The lowest BCUT2D eigenvalue weighted by Gasteiger charge is -2.41. The van der Waals surface area contributed by atoms with Crippen LogP contribution < -0.4 is 5.32 Å². The highest BCUT2D eigenvalue weighted by Crippen LogP contribution is 2.22. The molecule has 1 amide bonds. The highest BCUT2D eigenvalue weighted by molar-refractivity contribution is 5.73. The number of rotatable bonds is 6. The molecular weight excluding hydrogens is 258 g/mol. The lowest BCUT2D eigenvalue weighted by atomic mass is 9.97. The maximum atomic E-state index is 11.1. The minimum absolute atomic E-state index is 0.0851. The average molecular weight is 279 g/mol. The normalized spacial score (nSPS) is 35.1. The summed E-state index contributed by atoms with van der Waals surface area (Å²) in [4.78, 5) is 11.1. The van der Waals surface area contributed by atoms with Crippen LogP contribution in [-0.2, 0) is 19.0 Å². The van der Waals surface area contributed by atoms with Gasteiger partial charge in [-0.1, -0.05) is 0 Å². The first kappa shape index (κ1) is 16.3. The van der Waals surface area contributed by atoms with Gasteiger partial charge in [0.25, 0.3) is 0 Å². The van der Waals surface area contributed by atoms with E-state index in [2.05, 4.69) is 5.32 Å². The number of ether oxygens (including phenoxy) is 3. The van der Waals surface area contributed by atoms with Crippen molar-refractivity contribution in [1.82, 2.24) is 5.32 Å². The van der Waals surface area contributed by atoms with Gasteiger partial charge in [0.15, 0.2) is 6.29 Å². The van der Waals surface area contributed by atoms with Crippen LogP contribution >= 0.6 is 0 Å². The predicted octanol–water partition coefficient (Wildman–Crippen LogP) is -2.06. The second kappa shape index (κ2) is 7.73. The molecule has 5 unspecified atom stereocenters. The summed E-state index contributed by atoms with van der Waals surface area (Å²) >= 11 is 0. The van der Waals surface area contributed by atoms with Gasteiger partial charge in [-0.25, -0.2) is 0 Å². The average Bonchev–Trinajstić information content (AvgIpc) is 2.37. The van der Waals surface area contributed by atoms with Gasteiger partial charge in [-0.3, -0.25) is 4.79 Å². The number of hydrogen-bond donors (Lipinski definition) is 4. The molecule has 19 heavy (non-hydrogen) atoms. The standard InChI is InChI=1S/C11H21NO7/c1-3-17-5-18-11-8(12-6(2)14)10(16)9(15)7(4-13)19-11/h7-11,13,15-16H,3-5H2,1-2H3,(H,12,14). The van der Waals surface area contributed by atoms with Gasteiger partial charge in [0, 0.05) is 13.5 Å². The van der Waals surface area contributed by atoms with Gasteiger partial charge in [0.2, 0.25) is 5.91 Å². The van der Waals surface area contributed by atoms with Crippen LogP contribution in [0.5, 0.6) is 0 Å². The van der Waals surface area contributed by atoms with Crippen molar-refractivity contribution in [1.29, 1.82) is 0 Å². The molecule has 0 aromatic rings. The van der Waals surface area contributed by atoms with Crippen LogP contribution in [-0.4, -0.2) is 71.9 Å². The van der Waals surface area contributed by atoms with Crippen LogP contribution in [0.15, 0.2) is 0 Å². The Morgan fingerprint density at radius 1 is 1.37 bits per heavy atom. The number of nitrogens with one attached hydrogen (secondary N) is 1. The van der Waals surface area contributed by atoms with Gasteiger partial charge >= 0.3 is 0 Å². The van der Waals surface area contributed by atoms with Gasteiger partial charge in [-0.2, -0.15) is 0 Å². The Kier molecular flexibility index (Phi) is 6.63. The molecule has 5 atom stereocenters. The minimum atomic E-state index is -1.31. The lowest BCUT2D eigenvalue weighted by Crippen LogP contribution is -2.64. The molecule has 8 nitrogen and oxygen atoms in total. The number of aliphatic hydroxyl groups is 3. The summed E-state index contributed by atoms with van der Waals surface area (Å²) in [5.74, 6) is -0.396. The third-order valence-corrected chi connectivity index (χ3v) is 2.77. The van der Waals surface area contributed by atoms with Crippen molar-refractivity contribution in [2.45, 2.75) is 44.5 Å². The zero-order valence-corrected chi connectivity index (χ0v) is 11.0. The molecule has 4 N–H and O–H groups in total. The fraction of sp³-hybridized carbons (Fsp3) is 0.909. The number of aliphatic hydroxyl groups excluding tert-OH is 3. The van der Waals surface area contributed by atoms with E-state index < -0.39 is 43.2 Å². The second-order valence-electron chi connectivity index (χ2n) is 4.21.